The van der Waals surface area contributed by atoms with E-state index in [9.17, 15) is 4.79 Å². The monoisotopic (exact) mass is 399 g/mol. The fourth-order valence-corrected chi connectivity index (χ4v) is 4.87. The van der Waals surface area contributed by atoms with Crippen LogP contribution in [0.25, 0.3) is 5.69 Å². The van der Waals surface area contributed by atoms with Crippen molar-refractivity contribution in [1.29, 1.82) is 0 Å². The van der Waals surface area contributed by atoms with Crippen molar-refractivity contribution in [3.8, 4) is 5.69 Å². The third kappa shape index (κ3) is 4.39. The predicted molar refractivity (Wildman–Crippen MR) is 109 cm³/mol. The summed E-state index contributed by atoms with van der Waals surface area (Å²) >= 11 is 2.99. The lowest BCUT2D eigenvalue weighted by atomic mass is 10.2. The summed E-state index contributed by atoms with van der Waals surface area (Å²) < 4.78 is 1.89. The Morgan fingerprint density at radius 3 is 2.89 bits per heavy atom. The lowest BCUT2D eigenvalue weighted by molar-refractivity contribution is -0.113. The molecule has 0 saturated heterocycles. The smallest absolute Gasteiger partial charge is 0.236 e. The van der Waals surface area contributed by atoms with Crippen LogP contribution >= 0.6 is 23.1 Å². The fourth-order valence-electron chi connectivity index (χ4n) is 3.07. The van der Waals surface area contributed by atoms with Gasteiger partial charge in [-0.15, -0.1) is 21.5 Å². The summed E-state index contributed by atoms with van der Waals surface area (Å²) in [4.78, 5) is 18.3. The van der Waals surface area contributed by atoms with Gasteiger partial charge in [0.2, 0.25) is 5.91 Å². The predicted octanol–water partition coefficient (Wildman–Crippen LogP) is 4.03. The number of carbonyl (C=O) groups excluding carboxylic acids is 1. The van der Waals surface area contributed by atoms with Crippen molar-refractivity contribution >= 4 is 34.1 Å². The van der Waals surface area contributed by atoms with E-state index in [1.54, 1.807) is 17.7 Å². The molecule has 0 unspecified atom stereocenters. The van der Waals surface area contributed by atoms with Crippen molar-refractivity contribution < 1.29 is 4.79 Å². The number of nitrogens with zero attached hydrogens (tertiary/aromatic N) is 4. The molecule has 140 valence electrons. The maximum absolute atomic E-state index is 12.4. The van der Waals surface area contributed by atoms with Crippen LogP contribution in [0.3, 0.4) is 0 Å². The highest BCUT2D eigenvalue weighted by Crippen LogP contribution is 2.29. The lowest BCUT2D eigenvalue weighted by Gasteiger charge is -2.06. The molecule has 0 radical (unpaired) electrons. The number of aryl methyl sites for hydroxylation is 3. The first-order chi connectivity index (χ1) is 13.2. The van der Waals surface area contributed by atoms with Crippen molar-refractivity contribution in [2.24, 2.45) is 0 Å². The number of benzene rings is 1. The number of thiazole rings is 1. The second-order valence-electron chi connectivity index (χ2n) is 6.61. The largest absolute Gasteiger partial charge is 0.301 e. The van der Waals surface area contributed by atoms with Gasteiger partial charge in [-0.05, 0) is 44.7 Å². The SMILES string of the molecule is Cc1ccc(-n2cnnc2SCC(=O)Nc2nc3c(s2)CCCCC3)cc1. The summed E-state index contributed by atoms with van der Waals surface area (Å²) in [5, 5.41) is 12.5. The zero-order valence-corrected chi connectivity index (χ0v) is 16.8. The highest BCUT2D eigenvalue weighted by atomic mass is 32.2. The second-order valence-corrected chi connectivity index (χ2v) is 8.63. The number of amides is 1. The van der Waals surface area contributed by atoms with E-state index in [0.29, 0.717) is 10.3 Å². The van der Waals surface area contributed by atoms with Gasteiger partial charge in [-0.1, -0.05) is 35.9 Å². The molecule has 1 amide bonds. The molecule has 0 fully saturated rings. The van der Waals surface area contributed by atoms with E-state index in [4.69, 9.17) is 0 Å². The Morgan fingerprint density at radius 2 is 2.04 bits per heavy atom. The van der Waals surface area contributed by atoms with Gasteiger partial charge in [-0.25, -0.2) is 4.98 Å². The van der Waals surface area contributed by atoms with Gasteiger partial charge in [-0.3, -0.25) is 9.36 Å². The minimum absolute atomic E-state index is 0.0673. The molecular formula is C19H21N5OS2. The minimum atomic E-state index is -0.0673. The second kappa shape index (κ2) is 8.22. The number of nitrogens with one attached hydrogen (secondary N) is 1. The van der Waals surface area contributed by atoms with Gasteiger partial charge in [0.15, 0.2) is 10.3 Å². The summed E-state index contributed by atoms with van der Waals surface area (Å²) in [6.07, 6.45) is 7.45. The number of thioether (sulfide) groups is 1. The van der Waals surface area contributed by atoms with E-state index in [0.717, 1.165) is 18.5 Å². The molecule has 1 N–H and O–H groups in total. The molecule has 2 heterocycles. The molecule has 4 rings (SSSR count). The van der Waals surface area contributed by atoms with Gasteiger partial charge in [0.25, 0.3) is 0 Å². The van der Waals surface area contributed by atoms with Crippen LogP contribution in [0, 0.1) is 6.92 Å². The Bertz CT molecular complexity index is 908. The first-order valence-electron chi connectivity index (χ1n) is 9.07. The molecule has 27 heavy (non-hydrogen) atoms. The average Bonchev–Trinajstić information content (AvgIpc) is 3.22. The maximum Gasteiger partial charge on any atom is 0.236 e. The van der Waals surface area contributed by atoms with Gasteiger partial charge in [-0.2, -0.15) is 0 Å². The molecule has 3 aromatic rings. The molecule has 6 nitrogen and oxygen atoms in total. The van der Waals surface area contributed by atoms with E-state index in [-0.39, 0.29) is 11.7 Å². The third-order valence-electron chi connectivity index (χ3n) is 4.50. The highest BCUT2D eigenvalue weighted by molar-refractivity contribution is 7.99. The maximum atomic E-state index is 12.4. The fraction of sp³-hybridized carbons (Fsp3) is 0.368. The van der Waals surface area contributed by atoms with Gasteiger partial charge < -0.3 is 5.32 Å². The van der Waals surface area contributed by atoms with Crippen molar-refractivity contribution in [1.82, 2.24) is 19.7 Å². The van der Waals surface area contributed by atoms with Crippen LogP contribution in [0.4, 0.5) is 5.13 Å². The average molecular weight is 400 g/mol. The highest BCUT2D eigenvalue weighted by Gasteiger charge is 2.16. The molecule has 1 aliphatic carbocycles. The van der Waals surface area contributed by atoms with Gasteiger partial charge >= 0.3 is 0 Å². The number of fused-ring (bicyclic) bond motifs is 1. The molecule has 0 saturated carbocycles. The number of hydrogen-bond donors (Lipinski definition) is 1. The molecule has 0 aliphatic heterocycles. The van der Waals surface area contributed by atoms with E-state index in [2.05, 4.69) is 20.5 Å². The van der Waals surface area contributed by atoms with Crippen LogP contribution in [-0.2, 0) is 17.6 Å². The van der Waals surface area contributed by atoms with Gasteiger partial charge in [0.1, 0.15) is 6.33 Å². The zero-order valence-electron chi connectivity index (χ0n) is 15.1. The Balaban J connectivity index is 1.38. The number of hydrogen-bond acceptors (Lipinski definition) is 6. The van der Waals surface area contributed by atoms with Crippen LogP contribution < -0.4 is 5.32 Å². The molecule has 2 aromatic heterocycles. The Hall–Kier alpha value is -2.19. The summed E-state index contributed by atoms with van der Waals surface area (Å²) in [6.45, 7) is 2.05. The van der Waals surface area contributed by atoms with Crippen molar-refractivity contribution in [3.63, 3.8) is 0 Å². The van der Waals surface area contributed by atoms with Crippen LogP contribution in [0.1, 0.15) is 35.4 Å². The molecule has 0 atom stereocenters. The van der Waals surface area contributed by atoms with Crippen LogP contribution in [0.15, 0.2) is 35.7 Å². The molecule has 0 bridgehead atoms. The molecule has 1 aliphatic rings. The van der Waals surface area contributed by atoms with Crippen LogP contribution in [0.5, 0.6) is 0 Å². The summed E-state index contributed by atoms with van der Waals surface area (Å²) in [5.74, 6) is 0.205. The van der Waals surface area contributed by atoms with E-state index >= 15 is 0 Å². The summed E-state index contributed by atoms with van der Waals surface area (Å²) in [7, 11) is 0. The van der Waals surface area contributed by atoms with Crippen LogP contribution in [-0.4, -0.2) is 31.4 Å². The number of anilines is 1. The quantitative estimate of drug-likeness (QED) is 0.518. The number of rotatable bonds is 5. The standard InChI is InChI=1S/C19H21N5OS2/c1-13-7-9-14(10-8-13)24-12-20-23-19(24)26-11-17(25)22-18-21-15-5-3-2-4-6-16(15)27-18/h7-10,12H,2-6,11H2,1H3,(H,21,22,25). The molecule has 0 spiro atoms. The number of aromatic nitrogens is 4. The zero-order chi connectivity index (χ0) is 18.6. The van der Waals surface area contributed by atoms with Gasteiger partial charge in [0, 0.05) is 10.6 Å². The minimum Gasteiger partial charge on any atom is -0.301 e. The summed E-state index contributed by atoms with van der Waals surface area (Å²) in [5.41, 5.74) is 3.35. The van der Waals surface area contributed by atoms with Crippen molar-refractivity contribution in [3.05, 3.63) is 46.7 Å². The van der Waals surface area contributed by atoms with Crippen molar-refractivity contribution in [2.45, 2.75) is 44.2 Å². The molecular weight excluding hydrogens is 378 g/mol. The van der Waals surface area contributed by atoms with E-state index < -0.39 is 0 Å². The van der Waals surface area contributed by atoms with Gasteiger partial charge in [0.05, 0.1) is 11.4 Å². The van der Waals surface area contributed by atoms with Crippen molar-refractivity contribution in [2.75, 3.05) is 11.1 Å². The Labute approximate surface area is 166 Å². The van der Waals surface area contributed by atoms with E-state index in [1.165, 1.54) is 47.2 Å². The summed E-state index contributed by atoms with van der Waals surface area (Å²) in [6, 6.07) is 8.13. The first kappa shape index (κ1) is 18.2. The lowest BCUT2D eigenvalue weighted by Crippen LogP contribution is -2.14. The number of carbonyl (C=O) groups is 1. The third-order valence-corrected chi connectivity index (χ3v) is 6.52. The first-order valence-corrected chi connectivity index (χ1v) is 10.9. The molecule has 8 heteroatoms. The Kier molecular flexibility index (Phi) is 5.54. The van der Waals surface area contributed by atoms with E-state index in [1.807, 2.05) is 35.8 Å². The normalized spacial score (nSPS) is 13.8. The van der Waals surface area contributed by atoms with Crippen LogP contribution in [0.2, 0.25) is 0 Å². The topological polar surface area (TPSA) is 72.7 Å². The molecule has 1 aromatic carbocycles. The Morgan fingerprint density at radius 1 is 1.22 bits per heavy atom.